The van der Waals surface area contributed by atoms with E-state index < -0.39 is 0 Å². The van der Waals surface area contributed by atoms with Gasteiger partial charge in [-0.15, -0.1) is 0 Å². The number of nitrogens with one attached hydrogen (secondary N) is 1. The van der Waals surface area contributed by atoms with Crippen molar-refractivity contribution in [2.24, 2.45) is 0 Å². The molecule has 0 fully saturated rings. The molecule has 1 aromatic heterocycles. The molecule has 1 heterocycles. The Morgan fingerprint density at radius 3 is 2.93 bits per heavy atom. The number of aryl methyl sites for hydroxylation is 1. The molecule has 0 amide bonds. The average molecular weight is 193 g/mol. The molecule has 78 valence electrons. The SMILES string of the molecule is CCC(=Cc1ccnn1CC)CNC. The minimum Gasteiger partial charge on any atom is -0.316 e. The van der Waals surface area contributed by atoms with E-state index in [9.17, 15) is 0 Å². The second-order valence-electron chi connectivity index (χ2n) is 3.26. The molecule has 0 saturated carbocycles. The third kappa shape index (κ3) is 2.70. The van der Waals surface area contributed by atoms with E-state index >= 15 is 0 Å². The third-order valence-corrected chi connectivity index (χ3v) is 2.26. The Morgan fingerprint density at radius 2 is 2.36 bits per heavy atom. The first-order valence-electron chi connectivity index (χ1n) is 5.17. The second-order valence-corrected chi connectivity index (χ2v) is 3.26. The molecule has 1 rings (SSSR count). The van der Waals surface area contributed by atoms with Crippen LogP contribution in [0.5, 0.6) is 0 Å². The highest BCUT2D eigenvalue weighted by Gasteiger charge is 1.98. The molecule has 0 aliphatic carbocycles. The van der Waals surface area contributed by atoms with Crippen LogP contribution in [-0.2, 0) is 6.54 Å². The van der Waals surface area contributed by atoms with E-state index in [0.29, 0.717) is 0 Å². The lowest BCUT2D eigenvalue weighted by Gasteiger charge is -2.04. The molecule has 3 nitrogen and oxygen atoms in total. The van der Waals surface area contributed by atoms with Crippen LogP contribution in [-0.4, -0.2) is 23.4 Å². The van der Waals surface area contributed by atoms with Crippen molar-refractivity contribution in [3.63, 3.8) is 0 Å². The molecular weight excluding hydrogens is 174 g/mol. The molecule has 1 N–H and O–H groups in total. The molecule has 0 aliphatic heterocycles. The van der Waals surface area contributed by atoms with Crippen LogP contribution in [0.25, 0.3) is 6.08 Å². The highest BCUT2D eigenvalue weighted by molar-refractivity contribution is 5.49. The molecule has 3 heteroatoms. The van der Waals surface area contributed by atoms with E-state index in [1.54, 1.807) is 0 Å². The minimum absolute atomic E-state index is 0.926. The first kappa shape index (κ1) is 11.0. The third-order valence-electron chi connectivity index (χ3n) is 2.26. The molecule has 0 radical (unpaired) electrons. The highest BCUT2D eigenvalue weighted by atomic mass is 15.3. The van der Waals surface area contributed by atoms with Gasteiger partial charge in [-0.05, 0) is 32.5 Å². The molecule has 0 saturated heterocycles. The quantitative estimate of drug-likeness (QED) is 0.774. The maximum absolute atomic E-state index is 4.23. The molecule has 1 aromatic rings. The smallest absolute Gasteiger partial charge is 0.0609 e. The summed E-state index contributed by atoms with van der Waals surface area (Å²) in [6, 6.07) is 2.05. The van der Waals surface area contributed by atoms with Crippen molar-refractivity contribution in [3.8, 4) is 0 Å². The first-order valence-corrected chi connectivity index (χ1v) is 5.17. The van der Waals surface area contributed by atoms with E-state index in [-0.39, 0.29) is 0 Å². The number of rotatable bonds is 5. The van der Waals surface area contributed by atoms with Gasteiger partial charge in [-0.25, -0.2) is 0 Å². The summed E-state index contributed by atoms with van der Waals surface area (Å²) in [6.45, 7) is 6.16. The molecule has 0 unspecified atom stereocenters. The highest BCUT2D eigenvalue weighted by Crippen LogP contribution is 2.08. The standard InChI is InChI=1S/C11H19N3/c1-4-10(9-12-3)8-11-6-7-13-14(11)5-2/h6-8,12H,4-5,9H2,1-3H3. The summed E-state index contributed by atoms with van der Waals surface area (Å²) in [5, 5.41) is 7.40. The van der Waals surface area contributed by atoms with Gasteiger partial charge in [-0.1, -0.05) is 12.5 Å². The lowest BCUT2D eigenvalue weighted by Crippen LogP contribution is -2.10. The summed E-state index contributed by atoms with van der Waals surface area (Å²) < 4.78 is 2.01. The van der Waals surface area contributed by atoms with Crippen molar-refractivity contribution in [2.45, 2.75) is 26.8 Å². The van der Waals surface area contributed by atoms with E-state index in [0.717, 1.165) is 19.5 Å². The van der Waals surface area contributed by atoms with Crippen LogP contribution < -0.4 is 5.32 Å². The van der Waals surface area contributed by atoms with Crippen molar-refractivity contribution in [1.82, 2.24) is 15.1 Å². The van der Waals surface area contributed by atoms with E-state index in [1.807, 2.05) is 17.9 Å². The predicted molar refractivity (Wildman–Crippen MR) is 60.1 cm³/mol. The van der Waals surface area contributed by atoms with Crippen LogP contribution in [0.4, 0.5) is 0 Å². The number of likely N-dealkylation sites (N-methyl/N-ethyl adjacent to an activating group) is 1. The Kier molecular flexibility index (Phi) is 4.40. The Bertz CT molecular complexity index is 299. The zero-order valence-corrected chi connectivity index (χ0v) is 9.25. The van der Waals surface area contributed by atoms with Crippen LogP contribution in [0.15, 0.2) is 17.8 Å². The first-order chi connectivity index (χ1) is 6.81. The Morgan fingerprint density at radius 1 is 1.57 bits per heavy atom. The van der Waals surface area contributed by atoms with Crippen molar-refractivity contribution in [3.05, 3.63) is 23.5 Å². The molecule has 14 heavy (non-hydrogen) atoms. The Balaban J connectivity index is 2.82. The lowest BCUT2D eigenvalue weighted by molar-refractivity contribution is 0.653. The van der Waals surface area contributed by atoms with Crippen molar-refractivity contribution in [1.29, 1.82) is 0 Å². The van der Waals surface area contributed by atoms with Crippen molar-refractivity contribution >= 4 is 6.08 Å². The van der Waals surface area contributed by atoms with Crippen molar-refractivity contribution in [2.75, 3.05) is 13.6 Å². The molecule has 0 bridgehead atoms. The minimum atomic E-state index is 0.926. The van der Waals surface area contributed by atoms with Gasteiger partial charge in [0.1, 0.15) is 0 Å². The summed E-state index contributed by atoms with van der Waals surface area (Å²) in [4.78, 5) is 0. The summed E-state index contributed by atoms with van der Waals surface area (Å²) in [6.07, 6.45) is 5.14. The van der Waals surface area contributed by atoms with Crippen LogP contribution >= 0.6 is 0 Å². The normalized spacial score (nSPS) is 12.1. The summed E-state index contributed by atoms with van der Waals surface area (Å²) in [5.74, 6) is 0. The van der Waals surface area contributed by atoms with Gasteiger partial charge in [0.2, 0.25) is 0 Å². The van der Waals surface area contributed by atoms with Gasteiger partial charge in [0.15, 0.2) is 0 Å². The zero-order chi connectivity index (χ0) is 10.4. The number of hydrogen-bond acceptors (Lipinski definition) is 2. The number of hydrogen-bond donors (Lipinski definition) is 1. The second kappa shape index (κ2) is 5.60. The van der Waals surface area contributed by atoms with Gasteiger partial charge >= 0.3 is 0 Å². The van der Waals surface area contributed by atoms with Crippen LogP contribution in [0.3, 0.4) is 0 Å². The summed E-state index contributed by atoms with van der Waals surface area (Å²) in [5.41, 5.74) is 2.60. The Labute approximate surface area is 85.8 Å². The van der Waals surface area contributed by atoms with Gasteiger partial charge in [-0.2, -0.15) is 5.10 Å². The molecule has 0 atom stereocenters. The maximum Gasteiger partial charge on any atom is 0.0609 e. The van der Waals surface area contributed by atoms with Crippen LogP contribution in [0, 0.1) is 0 Å². The fraction of sp³-hybridized carbons (Fsp3) is 0.545. The fourth-order valence-electron chi connectivity index (χ4n) is 1.44. The molecule has 0 aromatic carbocycles. The average Bonchev–Trinajstić information content (AvgIpc) is 2.64. The van der Waals surface area contributed by atoms with Crippen LogP contribution in [0.2, 0.25) is 0 Å². The Hall–Kier alpha value is -1.09. The number of nitrogens with zero attached hydrogens (tertiary/aromatic N) is 2. The zero-order valence-electron chi connectivity index (χ0n) is 9.25. The van der Waals surface area contributed by atoms with E-state index in [2.05, 4.69) is 36.4 Å². The van der Waals surface area contributed by atoms with Gasteiger partial charge in [-0.3, -0.25) is 4.68 Å². The predicted octanol–water partition coefficient (Wildman–Crippen LogP) is 1.92. The van der Waals surface area contributed by atoms with Gasteiger partial charge < -0.3 is 5.32 Å². The maximum atomic E-state index is 4.23. The van der Waals surface area contributed by atoms with Gasteiger partial charge in [0, 0.05) is 19.3 Å². The monoisotopic (exact) mass is 193 g/mol. The van der Waals surface area contributed by atoms with Gasteiger partial charge in [0.05, 0.1) is 5.69 Å². The number of aromatic nitrogens is 2. The largest absolute Gasteiger partial charge is 0.316 e. The van der Waals surface area contributed by atoms with Crippen LogP contribution in [0.1, 0.15) is 26.0 Å². The summed E-state index contributed by atoms with van der Waals surface area (Å²) >= 11 is 0. The van der Waals surface area contributed by atoms with Gasteiger partial charge in [0.25, 0.3) is 0 Å². The summed E-state index contributed by atoms with van der Waals surface area (Å²) in [7, 11) is 1.97. The molecule has 0 aliphatic rings. The van der Waals surface area contributed by atoms with E-state index in [1.165, 1.54) is 11.3 Å². The van der Waals surface area contributed by atoms with Crippen molar-refractivity contribution < 1.29 is 0 Å². The van der Waals surface area contributed by atoms with E-state index in [4.69, 9.17) is 0 Å². The fourth-order valence-corrected chi connectivity index (χ4v) is 1.44. The topological polar surface area (TPSA) is 29.9 Å². The molecular formula is C11H19N3. The lowest BCUT2D eigenvalue weighted by atomic mass is 10.1. The molecule has 0 spiro atoms.